The topological polar surface area (TPSA) is 0 Å². The third kappa shape index (κ3) is 2.31. The van der Waals surface area contributed by atoms with Crippen molar-refractivity contribution >= 4 is 0 Å². The van der Waals surface area contributed by atoms with Gasteiger partial charge in [0.15, 0.2) is 0 Å². The van der Waals surface area contributed by atoms with Gasteiger partial charge in [0.2, 0.25) is 0 Å². The summed E-state index contributed by atoms with van der Waals surface area (Å²) in [5.74, 6) is -2.79. The Balaban J connectivity index is 3.31. The summed E-state index contributed by atoms with van der Waals surface area (Å²) in [5, 5.41) is 0. The molecule has 14 heavy (non-hydrogen) atoms. The van der Waals surface area contributed by atoms with E-state index < -0.39 is 5.92 Å². The van der Waals surface area contributed by atoms with Gasteiger partial charge < -0.3 is 0 Å². The number of alkyl halides is 2. The van der Waals surface area contributed by atoms with Crippen LogP contribution in [0.3, 0.4) is 0 Å². The molecule has 2 heteroatoms. The van der Waals surface area contributed by atoms with Gasteiger partial charge in [-0.3, -0.25) is 0 Å². The van der Waals surface area contributed by atoms with Gasteiger partial charge in [-0.05, 0) is 23.1 Å². The fourth-order valence-electron chi connectivity index (χ4n) is 1.45. The minimum absolute atomic E-state index is 0.0764. The Morgan fingerprint density at radius 2 is 1.64 bits per heavy atom. The fraction of sp³-hybridized carbons (Fsp3) is 0.500. The van der Waals surface area contributed by atoms with Crippen molar-refractivity contribution < 1.29 is 8.78 Å². The van der Waals surface area contributed by atoms with Gasteiger partial charge in [0.05, 0.1) is 0 Å². The van der Waals surface area contributed by atoms with E-state index in [1.165, 1.54) is 6.07 Å². The molecule has 0 saturated heterocycles. The molecule has 0 N–H and O–H groups in total. The molecule has 0 fully saturated rings. The van der Waals surface area contributed by atoms with E-state index in [9.17, 15) is 8.78 Å². The summed E-state index contributed by atoms with van der Waals surface area (Å²) < 4.78 is 26.5. The Morgan fingerprint density at radius 3 is 2.00 bits per heavy atom. The molecule has 1 rings (SSSR count). The molecule has 0 aliphatic carbocycles. The smallest absolute Gasteiger partial charge is 0.202 e. The lowest BCUT2D eigenvalue weighted by Gasteiger charge is -2.25. The normalized spacial score (nSPS) is 13.0. The van der Waals surface area contributed by atoms with Crippen molar-refractivity contribution in [1.29, 1.82) is 0 Å². The van der Waals surface area contributed by atoms with Crippen LogP contribution in [-0.2, 0) is 11.3 Å². The van der Waals surface area contributed by atoms with Gasteiger partial charge in [0.1, 0.15) is 0 Å². The Hall–Kier alpha value is -0.920. The monoisotopic (exact) mass is 197 g/mol. The quantitative estimate of drug-likeness (QED) is 0.640. The van der Waals surface area contributed by atoms with Crippen molar-refractivity contribution in [3.8, 4) is 0 Å². The zero-order valence-corrected chi connectivity index (χ0v) is 8.99. The zero-order chi connectivity index (χ0) is 11.0. The molecular formula is C12H15F2. The van der Waals surface area contributed by atoms with Gasteiger partial charge in [-0.1, -0.05) is 32.9 Å². The van der Waals surface area contributed by atoms with E-state index in [2.05, 4.69) is 6.07 Å². The van der Waals surface area contributed by atoms with Gasteiger partial charge in [0, 0.05) is 12.5 Å². The van der Waals surface area contributed by atoms with Crippen LogP contribution in [0.15, 0.2) is 18.2 Å². The molecule has 0 heterocycles. The Bertz CT molecular complexity index is 283. The summed E-state index contributed by atoms with van der Waals surface area (Å²) in [4.78, 5) is 0. The summed E-state index contributed by atoms with van der Waals surface area (Å²) in [6.07, 6.45) is 0. The van der Waals surface area contributed by atoms with E-state index in [1.54, 1.807) is 12.1 Å². The van der Waals surface area contributed by atoms with Crippen molar-refractivity contribution in [1.82, 2.24) is 0 Å². The van der Waals surface area contributed by atoms with Crippen LogP contribution in [0.2, 0.25) is 0 Å². The highest BCUT2D eigenvalue weighted by Crippen LogP contribution is 2.35. The van der Waals surface area contributed by atoms with Crippen molar-refractivity contribution in [2.75, 3.05) is 0 Å². The Labute approximate surface area is 84.0 Å². The third-order valence-corrected chi connectivity index (χ3v) is 2.15. The van der Waals surface area contributed by atoms with Crippen LogP contribution in [0.1, 0.15) is 38.8 Å². The predicted octanol–water partition coefficient (Wildman–Crippen LogP) is 3.90. The van der Waals surface area contributed by atoms with E-state index in [-0.39, 0.29) is 11.0 Å². The highest BCUT2D eigenvalue weighted by atomic mass is 19.3. The van der Waals surface area contributed by atoms with E-state index in [4.69, 9.17) is 0 Å². The molecule has 0 nitrogen and oxygen atoms in total. The highest BCUT2D eigenvalue weighted by molar-refractivity contribution is 5.35. The summed E-state index contributed by atoms with van der Waals surface area (Å²) in [6, 6.07) is 7.47. The maximum atomic E-state index is 13.2. The standard InChI is InChI=1S/C12H15F2/c1-11(2,3)9-7-5-6-8-10(9)12(4,13)14/h5,7-8H,1-4H3. The molecule has 1 aromatic carbocycles. The lowest BCUT2D eigenvalue weighted by atomic mass is 9.82. The first kappa shape index (κ1) is 11.2. The molecule has 1 radical (unpaired) electrons. The number of rotatable bonds is 1. The molecule has 0 unspecified atom stereocenters. The Morgan fingerprint density at radius 1 is 1.07 bits per heavy atom. The van der Waals surface area contributed by atoms with E-state index in [1.807, 2.05) is 20.8 Å². The van der Waals surface area contributed by atoms with Crippen molar-refractivity contribution in [2.24, 2.45) is 0 Å². The molecule has 0 saturated carbocycles. The van der Waals surface area contributed by atoms with Crippen LogP contribution in [-0.4, -0.2) is 0 Å². The van der Waals surface area contributed by atoms with E-state index in [0.29, 0.717) is 5.56 Å². The lowest BCUT2D eigenvalue weighted by Crippen LogP contribution is -2.19. The molecule has 0 amide bonds. The van der Waals surface area contributed by atoms with Crippen LogP contribution >= 0.6 is 0 Å². The molecule has 0 spiro atoms. The highest BCUT2D eigenvalue weighted by Gasteiger charge is 2.30. The molecule has 0 atom stereocenters. The number of halogens is 2. The third-order valence-electron chi connectivity index (χ3n) is 2.15. The first-order valence-electron chi connectivity index (χ1n) is 4.62. The van der Waals surface area contributed by atoms with Crippen molar-refractivity contribution in [2.45, 2.75) is 39.0 Å². The number of benzene rings is 1. The summed E-state index contributed by atoms with van der Waals surface area (Å²) >= 11 is 0. The van der Waals surface area contributed by atoms with Crippen LogP contribution in [0.5, 0.6) is 0 Å². The summed E-state index contributed by atoms with van der Waals surface area (Å²) in [6.45, 7) is 6.71. The maximum Gasteiger partial charge on any atom is 0.270 e. The second kappa shape index (κ2) is 3.34. The van der Waals surface area contributed by atoms with Gasteiger partial charge in [-0.15, -0.1) is 0 Å². The lowest BCUT2D eigenvalue weighted by molar-refractivity contribution is 0.0156. The Kier molecular flexibility index (Phi) is 2.66. The zero-order valence-electron chi connectivity index (χ0n) is 8.99. The molecule has 0 aliphatic rings. The van der Waals surface area contributed by atoms with Crippen LogP contribution < -0.4 is 0 Å². The first-order chi connectivity index (χ1) is 6.23. The largest absolute Gasteiger partial charge is 0.270 e. The van der Waals surface area contributed by atoms with Crippen LogP contribution in [0.4, 0.5) is 8.78 Å². The summed E-state index contributed by atoms with van der Waals surface area (Å²) in [7, 11) is 0. The number of hydrogen-bond acceptors (Lipinski definition) is 0. The van der Waals surface area contributed by atoms with Gasteiger partial charge in [0.25, 0.3) is 5.92 Å². The van der Waals surface area contributed by atoms with Crippen molar-refractivity contribution in [3.05, 3.63) is 35.4 Å². The minimum atomic E-state index is -2.79. The summed E-state index contributed by atoms with van der Waals surface area (Å²) in [5.41, 5.74) is 0.500. The van der Waals surface area contributed by atoms with Crippen molar-refractivity contribution in [3.63, 3.8) is 0 Å². The van der Waals surface area contributed by atoms with Crippen LogP contribution in [0, 0.1) is 6.07 Å². The average Bonchev–Trinajstić information content (AvgIpc) is 2.01. The molecule has 0 aliphatic heterocycles. The SMILES string of the molecule is CC(C)(C)c1cc[c]cc1C(C)(F)F. The average molecular weight is 197 g/mol. The minimum Gasteiger partial charge on any atom is -0.202 e. The van der Waals surface area contributed by atoms with E-state index >= 15 is 0 Å². The molecule has 0 bridgehead atoms. The first-order valence-corrected chi connectivity index (χ1v) is 4.62. The molecule has 77 valence electrons. The maximum absolute atomic E-state index is 13.2. The van der Waals surface area contributed by atoms with E-state index in [0.717, 1.165) is 6.92 Å². The van der Waals surface area contributed by atoms with Gasteiger partial charge in [-0.2, -0.15) is 0 Å². The predicted molar refractivity (Wildman–Crippen MR) is 53.5 cm³/mol. The number of hydrogen-bond donors (Lipinski definition) is 0. The molecule has 0 aromatic heterocycles. The second-order valence-electron chi connectivity index (χ2n) is 4.61. The van der Waals surface area contributed by atoms with Gasteiger partial charge >= 0.3 is 0 Å². The fourth-order valence-corrected chi connectivity index (χ4v) is 1.45. The molecule has 1 aromatic rings. The molecular weight excluding hydrogens is 182 g/mol. The van der Waals surface area contributed by atoms with Gasteiger partial charge in [-0.25, -0.2) is 8.78 Å². The second-order valence-corrected chi connectivity index (χ2v) is 4.61. The van der Waals surface area contributed by atoms with Crippen LogP contribution in [0.25, 0.3) is 0 Å².